The zero-order chi connectivity index (χ0) is 16.4. The maximum absolute atomic E-state index is 12.6. The molecule has 0 N–H and O–H groups in total. The average molecular weight is 312 g/mol. The van der Waals surface area contributed by atoms with Gasteiger partial charge in [-0.2, -0.15) is 0 Å². The summed E-state index contributed by atoms with van der Waals surface area (Å²) >= 11 is 0. The largest absolute Gasteiger partial charge is 0.466 e. The molecule has 1 aliphatic rings. The normalized spacial score (nSPS) is 22.4. The van der Waals surface area contributed by atoms with Crippen molar-refractivity contribution in [3.8, 4) is 0 Å². The molecule has 1 aliphatic carbocycles. The Morgan fingerprint density at radius 1 is 0.957 bits per heavy atom. The van der Waals surface area contributed by atoms with Crippen molar-refractivity contribution in [3.05, 3.63) is 60.1 Å². The second-order valence-electron chi connectivity index (χ2n) is 5.40. The zero-order valence-electron chi connectivity index (χ0n) is 12.6. The fourth-order valence-corrected chi connectivity index (χ4v) is 2.87. The topological polar surface area (TPSA) is 73.6 Å². The van der Waals surface area contributed by atoms with Crippen LogP contribution >= 0.6 is 0 Å². The van der Waals surface area contributed by atoms with Crippen LogP contribution in [0.1, 0.15) is 27.8 Å². The summed E-state index contributed by atoms with van der Waals surface area (Å²) in [5.74, 6) is -3.03. The molecule has 0 spiro atoms. The van der Waals surface area contributed by atoms with Crippen molar-refractivity contribution < 1.29 is 23.5 Å². The van der Waals surface area contributed by atoms with E-state index in [1.54, 1.807) is 43.3 Å². The lowest BCUT2D eigenvalue weighted by atomic mass is 10.0. The van der Waals surface area contributed by atoms with Crippen molar-refractivity contribution in [1.29, 1.82) is 0 Å². The first-order valence-electron chi connectivity index (χ1n) is 7.48. The third-order valence-electron chi connectivity index (χ3n) is 4.01. The highest BCUT2D eigenvalue weighted by atomic mass is 16.5. The highest BCUT2D eigenvalue weighted by Crippen LogP contribution is 2.50. The molecule has 1 aromatic carbocycles. The first-order chi connectivity index (χ1) is 11.1. The number of Topliss-reactive ketones (excluding diaryl/α,β-unsaturated/α-hetero) is 2. The predicted octanol–water partition coefficient (Wildman–Crippen LogP) is 2.77. The van der Waals surface area contributed by atoms with Crippen molar-refractivity contribution in [3.63, 3.8) is 0 Å². The highest BCUT2D eigenvalue weighted by molar-refractivity contribution is 6.11. The molecule has 1 saturated carbocycles. The number of carbonyl (C=O) groups excluding carboxylic acids is 3. The van der Waals surface area contributed by atoms with Crippen LogP contribution in [0.5, 0.6) is 0 Å². The van der Waals surface area contributed by atoms with Crippen LogP contribution in [-0.2, 0) is 9.53 Å². The fraction of sp³-hybridized carbons (Fsp3) is 0.278. The lowest BCUT2D eigenvalue weighted by Crippen LogP contribution is -2.12. The van der Waals surface area contributed by atoms with Gasteiger partial charge in [-0.3, -0.25) is 14.4 Å². The number of rotatable bonds is 6. The Morgan fingerprint density at radius 2 is 1.65 bits per heavy atom. The number of furan rings is 1. The van der Waals surface area contributed by atoms with Gasteiger partial charge in [0.15, 0.2) is 11.5 Å². The molecule has 0 aliphatic heterocycles. The fourth-order valence-electron chi connectivity index (χ4n) is 2.87. The standard InChI is InChI=1S/C18H16O5/c1-2-22-18(21)15-13(16(19)11-7-4-3-5-8-11)14(15)17(20)12-9-6-10-23-12/h3-10,13-15H,2H2,1H3/t13-,14-,15+/m1/s1. The van der Waals surface area contributed by atoms with Gasteiger partial charge in [0, 0.05) is 11.5 Å². The smallest absolute Gasteiger partial charge is 0.310 e. The molecule has 1 heterocycles. The van der Waals surface area contributed by atoms with E-state index in [1.165, 1.54) is 12.3 Å². The molecule has 5 nitrogen and oxygen atoms in total. The van der Waals surface area contributed by atoms with Crippen LogP contribution in [0, 0.1) is 17.8 Å². The maximum atomic E-state index is 12.6. The summed E-state index contributed by atoms with van der Waals surface area (Å²) < 4.78 is 10.1. The summed E-state index contributed by atoms with van der Waals surface area (Å²) in [6.07, 6.45) is 1.39. The van der Waals surface area contributed by atoms with E-state index in [0.29, 0.717) is 5.56 Å². The minimum absolute atomic E-state index is 0.160. The Hall–Kier alpha value is -2.69. The molecule has 3 atom stereocenters. The van der Waals surface area contributed by atoms with Crippen LogP contribution in [0.25, 0.3) is 0 Å². The molecule has 3 rings (SSSR count). The highest BCUT2D eigenvalue weighted by Gasteiger charge is 2.63. The monoisotopic (exact) mass is 312 g/mol. The van der Waals surface area contributed by atoms with E-state index in [9.17, 15) is 14.4 Å². The minimum Gasteiger partial charge on any atom is -0.466 e. The lowest BCUT2D eigenvalue weighted by Gasteiger charge is -2.00. The van der Waals surface area contributed by atoms with Crippen LogP contribution < -0.4 is 0 Å². The van der Waals surface area contributed by atoms with E-state index in [2.05, 4.69) is 0 Å². The first kappa shape index (κ1) is 15.2. The molecule has 23 heavy (non-hydrogen) atoms. The van der Waals surface area contributed by atoms with E-state index in [1.807, 2.05) is 0 Å². The molecule has 0 radical (unpaired) electrons. The molecule has 0 bridgehead atoms. The van der Waals surface area contributed by atoms with Gasteiger partial charge in [-0.15, -0.1) is 0 Å². The number of esters is 1. The number of ketones is 2. The molecule has 118 valence electrons. The summed E-state index contributed by atoms with van der Waals surface area (Å²) in [7, 11) is 0. The van der Waals surface area contributed by atoms with Gasteiger partial charge in [-0.05, 0) is 19.1 Å². The van der Waals surface area contributed by atoms with Crippen LogP contribution in [0.2, 0.25) is 0 Å². The summed E-state index contributed by atoms with van der Waals surface area (Å²) in [4.78, 5) is 37.2. The zero-order valence-corrected chi connectivity index (χ0v) is 12.6. The van der Waals surface area contributed by atoms with E-state index in [0.717, 1.165) is 0 Å². The molecule has 2 aromatic rings. The Kier molecular flexibility index (Phi) is 4.10. The molecule has 1 aromatic heterocycles. The number of hydrogen-bond donors (Lipinski definition) is 0. The Labute approximate surface area is 133 Å². The number of ether oxygens (including phenoxy) is 1. The van der Waals surface area contributed by atoms with Crippen LogP contribution in [-0.4, -0.2) is 24.1 Å². The van der Waals surface area contributed by atoms with Gasteiger partial charge in [0.25, 0.3) is 0 Å². The molecule has 0 saturated heterocycles. The van der Waals surface area contributed by atoms with Crippen molar-refractivity contribution in [2.75, 3.05) is 6.61 Å². The third kappa shape index (κ3) is 2.82. The molecule has 0 unspecified atom stereocenters. The van der Waals surface area contributed by atoms with Gasteiger partial charge < -0.3 is 9.15 Å². The van der Waals surface area contributed by atoms with E-state index < -0.39 is 23.7 Å². The van der Waals surface area contributed by atoms with Crippen molar-refractivity contribution >= 4 is 17.5 Å². The van der Waals surface area contributed by atoms with E-state index >= 15 is 0 Å². The molecular formula is C18H16O5. The number of benzene rings is 1. The summed E-state index contributed by atoms with van der Waals surface area (Å²) in [6.45, 7) is 1.90. The van der Waals surface area contributed by atoms with Gasteiger partial charge in [-0.25, -0.2) is 0 Å². The second kappa shape index (κ2) is 6.20. The van der Waals surface area contributed by atoms with Crippen LogP contribution in [0.15, 0.2) is 53.1 Å². The maximum Gasteiger partial charge on any atom is 0.310 e. The summed E-state index contributed by atoms with van der Waals surface area (Å²) in [5, 5.41) is 0. The van der Waals surface area contributed by atoms with Crippen LogP contribution in [0.4, 0.5) is 0 Å². The Balaban J connectivity index is 1.86. The van der Waals surface area contributed by atoms with Gasteiger partial charge in [0.05, 0.1) is 24.7 Å². The first-order valence-corrected chi connectivity index (χ1v) is 7.48. The van der Waals surface area contributed by atoms with Crippen molar-refractivity contribution in [2.24, 2.45) is 17.8 Å². The molecule has 1 fully saturated rings. The quantitative estimate of drug-likeness (QED) is 0.605. The average Bonchev–Trinajstić information content (AvgIpc) is 3.07. The van der Waals surface area contributed by atoms with Gasteiger partial charge in [0.1, 0.15) is 0 Å². The molecule has 0 amide bonds. The third-order valence-corrected chi connectivity index (χ3v) is 4.01. The van der Waals surface area contributed by atoms with E-state index in [-0.39, 0.29) is 23.9 Å². The van der Waals surface area contributed by atoms with Crippen molar-refractivity contribution in [1.82, 2.24) is 0 Å². The SMILES string of the molecule is CCOC(=O)[C@H]1[C@H](C(=O)c2ccccc2)[C@H]1C(=O)c1ccco1. The van der Waals surface area contributed by atoms with Crippen molar-refractivity contribution in [2.45, 2.75) is 6.92 Å². The second-order valence-corrected chi connectivity index (χ2v) is 5.40. The summed E-state index contributed by atoms with van der Waals surface area (Å²) in [6, 6.07) is 11.8. The minimum atomic E-state index is -0.736. The predicted molar refractivity (Wildman–Crippen MR) is 80.9 cm³/mol. The van der Waals surface area contributed by atoms with Gasteiger partial charge in [0.2, 0.25) is 5.78 Å². The molecule has 5 heteroatoms. The van der Waals surface area contributed by atoms with Crippen LogP contribution in [0.3, 0.4) is 0 Å². The Morgan fingerprint density at radius 3 is 2.26 bits per heavy atom. The molecular weight excluding hydrogens is 296 g/mol. The summed E-state index contributed by atoms with van der Waals surface area (Å²) in [5.41, 5.74) is 0.488. The Bertz CT molecular complexity index is 717. The van der Waals surface area contributed by atoms with Gasteiger partial charge >= 0.3 is 5.97 Å². The van der Waals surface area contributed by atoms with E-state index in [4.69, 9.17) is 9.15 Å². The van der Waals surface area contributed by atoms with Gasteiger partial charge in [-0.1, -0.05) is 30.3 Å². The number of hydrogen-bond acceptors (Lipinski definition) is 5. The number of carbonyl (C=O) groups is 3. The lowest BCUT2D eigenvalue weighted by molar-refractivity contribution is -0.145.